The highest BCUT2D eigenvalue weighted by Gasteiger charge is 2.44. The first kappa shape index (κ1) is 25.0. The third-order valence-electron chi connectivity index (χ3n) is 6.58. The quantitative estimate of drug-likeness (QED) is 0.239. The van der Waals surface area contributed by atoms with E-state index in [0.29, 0.717) is 6.42 Å². The van der Waals surface area contributed by atoms with Crippen molar-refractivity contribution in [3.8, 4) is 0 Å². The van der Waals surface area contributed by atoms with Crippen molar-refractivity contribution >= 4 is 14.2 Å². The molecule has 1 aromatic heterocycles. The summed E-state index contributed by atoms with van der Waals surface area (Å²) in [5.74, 6) is -0.663. The lowest BCUT2D eigenvalue weighted by molar-refractivity contribution is -0.137. The Kier molecular flexibility index (Phi) is 11.2. The third kappa shape index (κ3) is 7.09. The molecule has 162 valence electrons. The van der Waals surface area contributed by atoms with Gasteiger partial charge in [0.05, 0.1) is 0 Å². The van der Waals surface area contributed by atoms with E-state index in [1.807, 2.05) is 0 Å². The number of aromatic nitrogens is 1. The zero-order valence-electron chi connectivity index (χ0n) is 19.3. The molecular weight excluding hydrogens is 362 g/mol. The molecule has 0 amide bonds. The van der Waals surface area contributed by atoms with Gasteiger partial charge in [-0.1, -0.05) is 80.1 Å². The normalized spacial score (nSPS) is 12.5. The van der Waals surface area contributed by atoms with Gasteiger partial charge in [0.1, 0.15) is 0 Å². The van der Waals surface area contributed by atoms with Gasteiger partial charge < -0.3 is 9.34 Å². The number of hydrogen-bond donors (Lipinski definition) is 1. The molecule has 0 radical (unpaired) electrons. The summed E-state index contributed by atoms with van der Waals surface area (Å²) in [6.07, 6.45) is 15.9. The Labute approximate surface area is 175 Å². The van der Waals surface area contributed by atoms with Crippen molar-refractivity contribution in [3.05, 3.63) is 24.0 Å². The van der Waals surface area contributed by atoms with Crippen LogP contribution in [0.4, 0.5) is 0 Å². The van der Waals surface area contributed by atoms with E-state index in [2.05, 4.69) is 64.2 Å². The molecule has 0 aliphatic heterocycles. The molecule has 28 heavy (non-hydrogen) atoms. The molecule has 0 unspecified atom stereocenters. The van der Waals surface area contributed by atoms with Crippen LogP contribution in [0.1, 0.15) is 105 Å². The van der Waals surface area contributed by atoms with Crippen molar-refractivity contribution in [3.63, 3.8) is 0 Å². The van der Waals surface area contributed by atoms with Crippen LogP contribution in [0.15, 0.2) is 18.5 Å². The van der Waals surface area contributed by atoms with Crippen molar-refractivity contribution in [1.82, 2.24) is 4.23 Å². The zero-order valence-corrected chi connectivity index (χ0v) is 20.3. The van der Waals surface area contributed by atoms with Gasteiger partial charge in [0, 0.05) is 6.42 Å². The smallest absolute Gasteiger partial charge is 0.303 e. The van der Waals surface area contributed by atoms with Gasteiger partial charge in [0.2, 0.25) is 0 Å². The van der Waals surface area contributed by atoms with Crippen LogP contribution >= 0.6 is 0 Å². The number of aliphatic carboxylic acids is 1. The largest absolute Gasteiger partial charge is 0.481 e. The second-order valence-electron chi connectivity index (χ2n) is 9.50. The minimum absolute atomic E-state index is 0.328. The number of unbranched alkanes of at least 4 members (excludes halogenated alkanes) is 7. The van der Waals surface area contributed by atoms with E-state index < -0.39 is 14.2 Å². The zero-order chi connectivity index (χ0) is 21.2. The average molecular weight is 408 g/mol. The highest BCUT2D eigenvalue weighted by Crippen LogP contribution is 2.42. The van der Waals surface area contributed by atoms with Gasteiger partial charge in [-0.05, 0) is 59.9 Å². The van der Waals surface area contributed by atoms with Gasteiger partial charge in [-0.15, -0.1) is 0 Å². The molecule has 0 bridgehead atoms. The molecule has 1 aromatic rings. The molecule has 0 aliphatic rings. The second kappa shape index (κ2) is 12.5. The molecule has 0 atom stereocenters. The first-order valence-corrected chi connectivity index (χ1v) is 13.8. The minimum atomic E-state index is -1.59. The Balaban J connectivity index is 2.36. The predicted octanol–water partition coefficient (Wildman–Crippen LogP) is 7.65. The second-order valence-corrected chi connectivity index (χ2v) is 15.3. The molecule has 0 saturated carbocycles. The summed E-state index contributed by atoms with van der Waals surface area (Å²) in [6, 6.07) is 2.36. The number of carboxylic acid groups (broad SMARTS) is 1. The summed E-state index contributed by atoms with van der Waals surface area (Å²) in [6.45, 7) is 14.5. The van der Waals surface area contributed by atoms with Gasteiger partial charge in [0.15, 0.2) is 8.24 Å². The van der Waals surface area contributed by atoms with Crippen molar-refractivity contribution in [1.29, 1.82) is 0 Å². The maximum atomic E-state index is 10.5. The lowest BCUT2D eigenvalue weighted by atomic mass is 10.1. The molecule has 1 rings (SSSR count). The highest BCUT2D eigenvalue weighted by molar-refractivity contribution is 6.82. The summed E-state index contributed by atoms with van der Waals surface area (Å²) in [5, 5.41) is 8.63. The predicted molar refractivity (Wildman–Crippen MR) is 124 cm³/mol. The van der Waals surface area contributed by atoms with Crippen LogP contribution < -0.4 is 0 Å². The summed E-state index contributed by atoms with van der Waals surface area (Å²) < 4.78 is 2.65. The van der Waals surface area contributed by atoms with Crippen LogP contribution in [-0.2, 0) is 11.2 Å². The van der Waals surface area contributed by atoms with Crippen LogP contribution in [-0.4, -0.2) is 23.5 Å². The molecule has 0 aliphatic carbocycles. The first-order valence-electron chi connectivity index (χ1n) is 11.6. The van der Waals surface area contributed by atoms with E-state index in [-0.39, 0.29) is 0 Å². The van der Waals surface area contributed by atoms with E-state index in [9.17, 15) is 4.79 Å². The average Bonchev–Trinajstić information content (AvgIpc) is 3.04. The summed E-state index contributed by atoms with van der Waals surface area (Å²) in [5.41, 5.74) is 3.72. The molecule has 0 aromatic carbocycles. The van der Waals surface area contributed by atoms with Crippen LogP contribution in [0, 0.1) is 0 Å². The molecular formula is C24H45NO2Si. The molecule has 0 saturated heterocycles. The van der Waals surface area contributed by atoms with Gasteiger partial charge in [-0.3, -0.25) is 4.79 Å². The summed E-state index contributed by atoms with van der Waals surface area (Å²) in [7, 11) is -1.59. The molecule has 0 fully saturated rings. The van der Waals surface area contributed by atoms with Crippen LogP contribution in [0.5, 0.6) is 0 Å². The highest BCUT2D eigenvalue weighted by atomic mass is 28.3. The van der Waals surface area contributed by atoms with Crippen molar-refractivity contribution in [2.24, 2.45) is 0 Å². The monoisotopic (exact) mass is 407 g/mol. The van der Waals surface area contributed by atoms with Crippen molar-refractivity contribution in [2.75, 3.05) is 0 Å². The molecule has 0 spiro atoms. The molecule has 1 N–H and O–H groups in total. The number of carbonyl (C=O) groups is 1. The number of carboxylic acids is 1. The Bertz CT molecular complexity index is 541. The third-order valence-corrected chi connectivity index (χ3v) is 13.3. The van der Waals surface area contributed by atoms with Crippen molar-refractivity contribution < 1.29 is 9.90 Å². The molecule has 1 heterocycles. The first-order chi connectivity index (χ1) is 13.2. The number of hydrogen-bond acceptors (Lipinski definition) is 1. The van der Waals surface area contributed by atoms with Crippen molar-refractivity contribution in [2.45, 2.75) is 122 Å². The van der Waals surface area contributed by atoms with E-state index in [4.69, 9.17) is 5.11 Å². The summed E-state index contributed by atoms with van der Waals surface area (Å²) >= 11 is 0. The Hall–Kier alpha value is -1.03. The number of rotatable bonds is 15. The van der Waals surface area contributed by atoms with Gasteiger partial charge in [-0.25, -0.2) is 0 Å². The maximum Gasteiger partial charge on any atom is 0.303 e. The van der Waals surface area contributed by atoms with Crippen LogP contribution in [0.3, 0.4) is 0 Å². The van der Waals surface area contributed by atoms with E-state index in [0.717, 1.165) is 29.5 Å². The van der Waals surface area contributed by atoms with Gasteiger partial charge in [-0.2, -0.15) is 0 Å². The van der Waals surface area contributed by atoms with Gasteiger partial charge >= 0.3 is 5.97 Å². The minimum Gasteiger partial charge on any atom is -0.481 e. The Morgan fingerprint density at radius 3 is 1.79 bits per heavy atom. The lowest BCUT2D eigenvalue weighted by Gasteiger charge is -2.44. The fourth-order valence-electron chi connectivity index (χ4n) is 5.39. The van der Waals surface area contributed by atoms with E-state index in [1.54, 1.807) is 0 Å². The summed E-state index contributed by atoms with van der Waals surface area (Å²) in [4.78, 5) is 10.5. The standard InChI is InChI=1S/C24H45NO2Si/c1-20(2)28(21(3)4,22(5)6)25-18-17-23(19-25)15-13-11-9-7-8-10-12-14-16-24(26)27/h17-22H,7-16H2,1-6H3,(H,26,27). The fraction of sp³-hybridized carbons (Fsp3) is 0.792. The Morgan fingerprint density at radius 2 is 1.32 bits per heavy atom. The topological polar surface area (TPSA) is 42.2 Å². The maximum absolute atomic E-state index is 10.5. The molecule has 3 nitrogen and oxygen atoms in total. The SMILES string of the molecule is CC(C)[Si](C(C)C)(C(C)C)n1ccc(CCCCCCCCCCC(=O)O)c1. The fourth-order valence-corrected chi connectivity index (χ4v) is 11.9. The lowest BCUT2D eigenvalue weighted by Crippen LogP contribution is -2.51. The number of nitrogens with zero attached hydrogens (tertiary/aromatic N) is 1. The Morgan fingerprint density at radius 1 is 0.857 bits per heavy atom. The van der Waals surface area contributed by atoms with Gasteiger partial charge in [0.25, 0.3) is 0 Å². The molecule has 4 heteroatoms. The number of aryl methyl sites for hydroxylation is 1. The van der Waals surface area contributed by atoms with Crippen LogP contribution in [0.25, 0.3) is 0 Å². The van der Waals surface area contributed by atoms with Crippen LogP contribution in [0.2, 0.25) is 16.6 Å². The van der Waals surface area contributed by atoms with E-state index >= 15 is 0 Å². The van der Waals surface area contributed by atoms with E-state index in [1.165, 1.54) is 50.5 Å².